The zero-order valence-corrected chi connectivity index (χ0v) is 16.0. The Morgan fingerprint density at radius 2 is 2.19 bits per heavy atom. The van der Waals surface area contributed by atoms with Gasteiger partial charge in [-0.25, -0.2) is 0 Å². The quantitative estimate of drug-likeness (QED) is 0.878. The molecule has 144 valence electrons. The Morgan fingerprint density at radius 3 is 2.89 bits per heavy atom. The number of carbonyl (C=O) groups is 1. The smallest absolute Gasteiger partial charge is 0.289 e. The number of ether oxygens (including phenoxy) is 1. The van der Waals surface area contributed by atoms with Crippen molar-refractivity contribution in [3.8, 4) is 0 Å². The van der Waals surface area contributed by atoms with E-state index in [4.69, 9.17) is 9.26 Å². The van der Waals surface area contributed by atoms with Crippen LogP contribution in [0.4, 0.5) is 0 Å². The van der Waals surface area contributed by atoms with Crippen LogP contribution in [0.3, 0.4) is 0 Å². The van der Waals surface area contributed by atoms with Crippen molar-refractivity contribution in [1.82, 2.24) is 15.4 Å². The molecule has 27 heavy (non-hydrogen) atoms. The molecule has 1 unspecified atom stereocenters. The molecule has 4 rings (SSSR count). The second-order valence-corrected chi connectivity index (χ2v) is 8.06. The van der Waals surface area contributed by atoms with Crippen LogP contribution in [0.15, 0.2) is 35.0 Å². The Balaban J connectivity index is 1.21. The fraction of sp³-hybridized carbons (Fsp3) is 0.524. The SMILES string of the molecule is Cc1ccc(C)c(CN2CC3(CCC(CNC(=O)c4ccno4)CO3)C2)c1. The zero-order chi connectivity index (χ0) is 18.9. The van der Waals surface area contributed by atoms with E-state index < -0.39 is 0 Å². The molecule has 0 aliphatic carbocycles. The van der Waals surface area contributed by atoms with Crippen LogP contribution in [0.5, 0.6) is 0 Å². The number of nitrogens with zero attached hydrogens (tertiary/aromatic N) is 2. The molecule has 1 N–H and O–H groups in total. The van der Waals surface area contributed by atoms with Gasteiger partial charge in [-0.1, -0.05) is 28.9 Å². The lowest BCUT2D eigenvalue weighted by atomic mass is 9.82. The van der Waals surface area contributed by atoms with E-state index in [0.29, 0.717) is 19.1 Å². The maximum Gasteiger partial charge on any atom is 0.289 e. The summed E-state index contributed by atoms with van der Waals surface area (Å²) in [5.41, 5.74) is 4.10. The van der Waals surface area contributed by atoms with Crippen molar-refractivity contribution in [3.63, 3.8) is 0 Å². The number of likely N-dealkylation sites (tertiary alicyclic amines) is 1. The summed E-state index contributed by atoms with van der Waals surface area (Å²) in [5.74, 6) is 0.399. The number of carbonyl (C=O) groups excluding carboxylic acids is 1. The highest BCUT2D eigenvalue weighted by Crippen LogP contribution is 2.36. The van der Waals surface area contributed by atoms with Crippen molar-refractivity contribution in [3.05, 3.63) is 52.9 Å². The predicted octanol–water partition coefficient (Wildman–Crippen LogP) is 2.70. The van der Waals surface area contributed by atoms with E-state index in [1.807, 2.05) is 0 Å². The van der Waals surface area contributed by atoms with Crippen molar-refractivity contribution < 1.29 is 14.1 Å². The zero-order valence-electron chi connectivity index (χ0n) is 16.0. The molecule has 1 aromatic heterocycles. The first kappa shape index (κ1) is 18.2. The summed E-state index contributed by atoms with van der Waals surface area (Å²) in [6, 6.07) is 8.23. The molecule has 3 heterocycles. The van der Waals surface area contributed by atoms with Gasteiger partial charge >= 0.3 is 0 Å². The van der Waals surface area contributed by atoms with Crippen LogP contribution in [0.25, 0.3) is 0 Å². The number of nitrogens with one attached hydrogen (secondary N) is 1. The maximum atomic E-state index is 11.9. The molecule has 6 heteroatoms. The number of rotatable bonds is 5. The first-order valence-electron chi connectivity index (χ1n) is 9.64. The molecule has 0 saturated carbocycles. The first-order chi connectivity index (χ1) is 13.0. The van der Waals surface area contributed by atoms with E-state index in [9.17, 15) is 4.79 Å². The number of amides is 1. The lowest BCUT2D eigenvalue weighted by Crippen LogP contribution is -2.64. The van der Waals surface area contributed by atoms with Gasteiger partial charge in [-0.3, -0.25) is 9.69 Å². The number of hydrogen-bond acceptors (Lipinski definition) is 5. The van der Waals surface area contributed by atoms with Crippen molar-refractivity contribution in [2.75, 3.05) is 26.2 Å². The average molecular weight is 369 g/mol. The number of benzene rings is 1. The van der Waals surface area contributed by atoms with Crippen LogP contribution in [-0.4, -0.2) is 47.8 Å². The van der Waals surface area contributed by atoms with E-state index in [1.165, 1.54) is 22.9 Å². The van der Waals surface area contributed by atoms with Crippen LogP contribution in [-0.2, 0) is 11.3 Å². The van der Waals surface area contributed by atoms with Crippen LogP contribution in [0.1, 0.15) is 40.1 Å². The van der Waals surface area contributed by atoms with Gasteiger partial charge in [0.25, 0.3) is 5.91 Å². The molecule has 6 nitrogen and oxygen atoms in total. The number of aryl methyl sites for hydroxylation is 2. The Morgan fingerprint density at radius 1 is 1.33 bits per heavy atom. The third-order valence-electron chi connectivity index (χ3n) is 5.77. The summed E-state index contributed by atoms with van der Waals surface area (Å²) in [6.45, 7) is 8.63. The summed E-state index contributed by atoms with van der Waals surface area (Å²) in [6.07, 6.45) is 3.61. The van der Waals surface area contributed by atoms with Crippen LogP contribution < -0.4 is 5.32 Å². The molecule has 0 bridgehead atoms. The maximum absolute atomic E-state index is 11.9. The summed E-state index contributed by atoms with van der Waals surface area (Å²) < 4.78 is 11.1. The third-order valence-corrected chi connectivity index (χ3v) is 5.77. The molecule has 2 fully saturated rings. The fourth-order valence-electron chi connectivity index (χ4n) is 4.08. The highest BCUT2D eigenvalue weighted by molar-refractivity contribution is 5.91. The van der Waals surface area contributed by atoms with Gasteiger partial charge in [0.1, 0.15) is 0 Å². The predicted molar refractivity (Wildman–Crippen MR) is 101 cm³/mol. The van der Waals surface area contributed by atoms with Crippen molar-refractivity contribution in [2.24, 2.45) is 5.92 Å². The third kappa shape index (κ3) is 4.06. The van der Waals surface area contributed by atoms with Crippen molar-refractivity contribution >= 4 is 5.91 Å². The molecule has 2 saturated heterocycles. The van der Waals surface area contributed by atoms with Crippen LogP contribution in [0.2, 0.25) is 0 Å². The highest BCUT2D eigenvalue weighted by Gasteiger charge is 2.46. The topological polar surface area (TPSA) is 67.6 Å². The monoisotopic (exact) mass is 369 g/mol. The second kappa shape index (κ2) is 7.44. The Bertz CT molecular complexity index is 787. The lowest BCUT2D eigenvalue weighted by Gasteiger charge is -2.53. The average Bonchev–Trinajstić information content (AvgIpc) is 3.17. The Hall–Kier alpha value is -2.18. The van der Waals surface area contributed by atoms with Gasteiger partial charge < -0.3 is 14.6 Å². The van der Waals surface area contributed by atoms with Gasteiger partial charge in [-0.2, -0.15) is 0 Å². The van der Waals surface area contributed by atoms with E-state index in [0.717, 1.165) is 32.5 Å². The van der Waals surface area contributed by atoms with Gasteiger partial charge in [0.2, 0.25) is 5.76 Å². The number of hydrogen-bond donors (Lipinski definition) is 1. The molecule has 2 aliphatic rings. The van der Waals surface area contributed by atoms with Gasteiger partial charge in [0.05, 0.1) is 18.4 Å². The highest BCUT2D eigenvalue weighted by atomic mass is 16.5. The molecule has 1 aromatic carbocycles. The summed E-state index contributed by atoms with van der Waals surface area (Å²) in [4.78, 5) is 14.4. The molecule has 1 amide bonds. The normalized spacial score (nSPS) is 21.8. The second-order valence-electron chi connectivity index (χ2n) is 8.06. The standard InChI is InChI=1S/C21H27N3O3/c1-15-3-4-16(2)18(9-15)11-24-13-21(14-24)7-5-17(12-26-21)10-22-20(25)19-6-8-23-27-19/h3-4,6,8-9,17H,5,7,10-14H2,1-2H3,(H,22,25). The molecule has 2 aliphatic heterocycles. The van der Waals surface area contributed by atoms with E-state index in [-0.39, 0.29) is 17.3 Å². The molecule has 1 spiro atoms. The molecular weight excluding hydrogens is 342 g/mol. The van der Waals surface area contributed by atoms with E-state index in [1.54, 1.807) is 6.07 Å². The fourth-order valence-corrected chi connectivity index (χ4v) is 4.08. The van der Waals surface area contributed by atoms with Gasteiger partial charge in [0, 0.05) is 32.2 Å². The molecule has 0 radical (unpaired) electrons. The molecular formula is C21H27N3O3. The van der Waals surface area contributed by atoms with Crippen molar-refractivity contribution in [1.29, 1.82) is 0 Å². The Labute approximate surface area is 159 Å². The molecule has 1 atom stereocenters. The minimum atomic E-state index is -0.212. The minimum Gasteiger partial charge on any atom is -0.372 e. The molecule has 2 aromatic rings. The van der Waals surface area contributed by atoms with Crippen LogP contribution in [0, 0.1) is 19.8 Å². The van der Waals surface area contributed by atoms with Crippen LogP contribution >= 0.6 is 0 Å². The minimum absolute atomic E-state index is 0.0170. The summed E-state index contributed by atoms with van der Waals surface area (Å²) in [7, 11) is 0. The van der Waals surface area contributed by atoms with Gasteiger partial charge in [0.15, 0.2) is 0 Å². The lowest BCUT2D eigenvalue weighted by molar-refractivity contribution is -0.181. The number of aromatic nitrogens is 1. The van der Waals surface area contributed by atoms with Gasteiger partial charge in [-0.05, 0) is 43.7 Å². The summed E-state index contributed by atoms with van der Waals surface area (Å²) >= 11 is 0. The Kier molecular flexibility index (Phi) is 5.02. The van der Waals surface area contributed by atoms with Gasteiger partial charge in [-0.15, -0.1) is 0 Å². The first-order valence-corrected chi connectivity index (χ1v) is 9.64. The van der Waals surface area contributed by atoms with E-state index in [2.05, 4.69) is 47.4 Å². The van der Waals surface area contributed by atoms with E-state index >= 15 is 0 Å². The summed E-state index contributed by atoms with van der Waals surface area (Å²) in [5, 5.41) is 6.47. The largest absolute Gasteiger partial charge is 0.372 e. The van der Waals surface area contributed by atoms with Crippen molar-refractivity contribution in [2.45, 2.75) is 38.8 Å².